The highest BCUT2D eigenvalue weighted by Crippen LogP contribution is 2.33. The molecule has 4 nitrogen and oxygen atoms in total. The molecule has 1 aromatic rings. The minimum atomic E-state index is -0.772. The molecule has 1 aliphatic rings. The minimum absolute atomic E-state index is 0.0370. The topological polar surface area (TPSA) is 58.6 Å². The first-order chi connectivity index (χ1) is 10.8. The molecule has 0 radical (unpaired) electrons. The largest absolute Gasteiger partial charge is 0.493 e. The summed E-state index contributed by atoms with van der Waals surface area (Å²) in [6, 6.07) is 5.99. The summed E-state index contributed by atoms with van der Waals surface area (Å²) in [4.78, 5) is 11.0. The number of hydrogen-bond acceptors (Lipinski definition) is 4. The SMILES string of the molecule is CCc1ccc(OCCC2NC(C(=O)O)CS2)c(C(C)(C)C)c1. The van der Waals surface area contributed by atoms with E-state index in [2.05, 4.69) is 51.2 Å². The van der Waals surface area contributed by atoms with Crippen LogP contribution < -0.4 is 10.1 Å². The van der Waals surface area contributed by atoms with Gasteiger partial charge in [0.05, 0.1) is 12.0 Å². The van der Waals surface area contributed by atoms with Crippen molar-refractivity contribution in [3.8, 4) is 5.75 Å². The van der Waals surface area contributed by atoms with E-state index in [0.29, 0.717) is 12.4 Å². The zero-order chi connectivity index (χ0) is 17.0. The average Bonchev–Trinajstić information content (AvgIpc) is 2.95. The standard InChI is InChI=1S/C18H27NO3S/c1-5-12-6-7-15(13(10-12)18(2,3)4)22-9-8-16-19-14(11-23-16)17(20)21/h6-7,10,14,16,19H,5,8-9,11H2,1-4H3,(H,20,21). The van der Waals surface area contributed by atoms with Gasteiger partial charge in [-0.1, -0.05) is 39.8 Å². The molecule has 0 aliphatic carbocycles. The third kappa shape index (κ3) is 4.88. The van der Waals surface area contributed by atoms with Crippen LogP contribution in [0.25, 0.3) is 0 Å². The van der Waals surface area contributed by atoms with E-state index in [4.69, 9.17) is 9.84 Å². The zero-order valence-corrected chi connectivity index (χ0v) is 15.2. The highest BCUT2D eigenvalue weighted by Gasteiger charge is 2.29. The molecule has 1 aliphatic heterocycles. The van der Waals surface area contributed by atoms with Crippen LogP contribution in [-0.4, -0.2) is 34.9 Å². The van der Waals surface area contributed by atoms with Gasteiger partial charge >= 0.3 is 5.97 Å². The van der Waals surface area contributed by atoms with Crippen LogP contribution in [0.5, 0.6) is 5.75 Å². The highest BCUT2D eigenvalue weighted by atomic mass is 32.2. The Labute approximate surface area is 143 Å². The fourth-order valence-corrected chi connectivity index (χ4v) is 3.81. The van der Waals surface area contributed by atoms with Crippen LogP contribution in [0, 0.1) is 0 Å². The number of ether oxygens (including phenoxy) is 1. The molecule has 0 bridgehead atoms. The van der Waals surface area contributed by atoms with Gasteiger partial charge in [0.1, 0.15) is 11.8 Å². The molecule has 0 amide bonds. The Bertz CT molecular complexity index is 554. The van der Waals surface area contributed by atoms with Gasteiger partial charge in [0.15, 0.2) is 0 Å². The normalized spacial score (nSPS) is 21.4. The summed E-state index contributed by atoms with van der Waals surface area (Å²) in [7, 11) is 0. The van der Waals surface area contributed by atoms with E-state index in [-0.39, 0.29) is 10.8 Å². The van der Waals surface area contributed by atoms with Crippen LogP contribution in [-0.2, 0) is 16.6 Å². The van der Waals surface area contributed by atoms with Crippen LogP contribution >= 0.6 is 11.8 Å². The molecule has 2 unspecified atom stereocenters. The second-order valence-corrected chi connectivity index (χ2v) is 8.19. The lowest BCUT2D eigenvalue weighted by Gasteiger charge is -2.24. The monoisotopic (exact) mass is 337 g/mol. The lowest BCUT2D eigenvalue weighted by molar-refractivity contribution is -0.138. The number of carbonyl (C=O) groups is 1. The van der Waals surface area contributed by atoms with E-state index in [9.17, 15) is 4.79 Å². The van der Waals surface area contributed by atoms with Crippen LogP contribution in [0.15, 0.2) is 18.2 Å². The predicted octanol–water partition coefficient (Wildman–Crippen LogP) is 3.43. The Balaban J connectivity index is 1.94. The molecule has 5 heteroatoms. The lowest BCUT2D eigenvalue weighted by atomic mass is 9.85. The quantitative estimate of drug-likeness (QED) is 0.833. The summed E-state index contributed by atoms with van der Waals surface area (Å²) < 4.78 is 6.02. The van der Waals surface area contributed by atoms with Crippen molar-refractivity contribution in [1.29, 1.82) is 0 Å². The van der Waals surface area contributed by atoms with Gasteiger partial charge in [-0.25, -0.2) is 0 Å². The van der Waals surface area contributed by atoms with Crippen molar-refractivity contribution in [2.75, 3.05) is 12.4 Å². The molecule has 2 N–H and O–H groups in total. The smallest absolute Gasteiger partial charge is 0.321 e. The minimum Gasteiger partial charge on any atom is -0.493 e. The maximum atomic E-state index is 11.0. The third-order valence-electron chi connectivity index (χ3n) is 4.05. The Morgan fingerprint density at radius 1 is 1.43 bits per heavy atom. The van der Waals surface area contributed by atoms with Gasteiger partial charge in [-0.3, -0.25) is 10.1 Å². The zero-order valence-electron chi connectivity index (χ0n) is 14.4. The number of aliphatic carboxylic acids is 1. The van der Waals surface area contributed by atoms with Crippen LogP contribution in [0.3, 0.4) is 0 Å². The number of rotatable bonds is 6. The van der Waals surface area contributed by atoms with Crippen LogP contribution in [0.2, 0.25) is 0 Å². The summed E-state index contributed by atoms with van der Waals surface area (Å²) in [5.41, 5.74) is 2.59. The fraction of sp³-hybridized carbons (Fsp3) is 0.611. The van der Waals surface area contributed by atoms with Crippen molar-refractivity contribution in [3.05, 3.63) is 29.3 Å². The Hall–Kier alpha value is -1.20. The maximum absolute atomic E-state index is 11.0. The first-order valence-corrected chi connectivity index (χ1v) is 9.22. The molecule has 0 spiro atoms. The van der Waals surface area contributed by atoms with Gasteiger partial charge in [0.25, 0.3) is 0 Å². The molecule has 2 atom stereocenters. The number of carboxylic acids is 1. The van der Waals surface area contributed by atoms with Gasteiger partial charge in [-0.15, -0.1) is 11.8 Å². The van der Waals surface area contributed by atoms with E-state index in [0.717, 1.165) is 18.6 Å². The van der Waals surface area contributed by atoms with E-state index in [1.807, 2.05) is 0 Å². The summed E-state index contributed by atoms with van der Waals surface area (Å²) >= 11 is 1.66. The number of benzene rings is 1. The van der Waals surface area contributed by atoms with E-state index in [1.54, 1.807) is 11.8 Å². The second-order valence-electron chi connectivity index (χ2n) is 6.95. The molecule has 2 rings (SSSR count). The molecule has 1 aromatic carbocycles. The van der Waals surface area contributed by atoms with Crippen molar-refractivity contribution in [1.82, 2.24) is 5.32 Å². The van der Waals surface area contributed by atoms with Crippen molar-refractivity contribution in [2.24, 2.45) is 0 Å². The Morgan fingerprint density at radius 3 is 2.74 bits per heavy atom. The molecular formula is C18H27NO3S. The molecule has 0 aromatic heterocycles. The lowest BCUT2D eigenvalue weighted by Crippen LogP contribution is -2.37. The molecule has 1 heterocycles. The third-order valence-corrected chi connectivity index (χ3v) is 5.35. The maximum Gasteiger partial charge on any atom is 0.321 e. The fourth-order valence-electron chi connectivity index (χ4n) is 2.63. The van der Waals surface area contributed by atoms with Crippen LogP contribution in [0.4, 0.5) is 0 Å². The second kappa shape index (κ2) is 7.58. The van der Waals surface area contributed by atoms with E-state index >= 15 is 0 Å². The molecule has 0 saturated carbocycles. The van der Waals surface area contributed by atoms with Crippen molar-refractivity contribution >= 4 is 17.7 Å². The van der Waals surface area contributed by atoms with Gasteiger partial charge < -0.3 is 9.84 Å². The number of nitrogens with one attached hydrogen (secondary N) is 1. The Morgan fingerprint density at radius 2 is 2.17 bits per heavy atom. The van der Waals surface area contributed by atoms with Gasteiger partial charge in [-0.2, -0.15) is 0 Å². The first-order valence-electron chi connectivity index (χ1n) is 8.18. The molecule has 128 valence electrons. The highest BCUT2D eigenvalue weighted by molar-refractivity contribution is 8.00. The van der Waals surface area contributed by atoms with E-state index < -0.39 is 12.0 Å². The summed E-state index contributed by atoms with van der Waals surface area (Å²) in [5.74, 6) is 0.789. The number of aryl methyl sites for hydroxylation is 1. The molecule has 1 fully saturated rings. The number of thioether (sulfide) groups is 1. The van der Waals surface area contributed by atoms with Gasteiger partial charge in [0, 0.05) is 12.2 Å². The van der Waals surface area contributed by atoms with E-state index in [1.165, 1.54) is 11.1 Å². The first kappa shape index (κ1) is 18.1. The van der Waals surface area contributed by atoms with Crippen molar-refractivity contribution < 1.29 is 14.6 Å². The molecular weight excluding hydrogens is 310 g/mol. The summed E-state index contributed by atoms with van der Waals surface area (Å²) in [6.45, 7) is 9.33. The average molecular weight is 337 g/mol. The summed E-state index contributed by atoms with van der Waals surface area (Å²) in [5, 5.41) is 12.3. The Kier molecular flexibility index (Phi) is 5.98. The van der Waals surface area contributed by atoms with Crippen molar-refractivity contribution in [3.63, 3.8) is 0 Å². The predicted molar refractivity (Wildman–Crippen MR) is 95.4 cm³/mol. The van der Waals surface area contributed by atoms with Crippen molar-refractivity contribution in [2.45, 2.75) is 57.4 Å². The molecule has 23 heavy (non-hydrogen) atoms. The number of hydrogen-bond donors (Lipinski definition) is 2. The molecule has 1 saturated heterocycles. The van der Waals surface area contributed by atoms with Gasteiger partial charge in [-0.05, 0) is 29.0 Å². The summed E-state index contributed by atoms with van der Waals surface area (Å²) in [6.07, 6.45) is 1.82. The van der Waals surface area contributed by atoms with Gasteiger partial charge in [0.2, 0.25) is 0 Å². The number of carboxylic acid groups (broad SMARTS) is 1. The van der Waals surface area contributed by atoms with Crippen LogP contribution in [0.1, 0.15) is 45.2 Å².